The Morgan fingerprint density at radius 3 is 2.43 bits per heavy atom. The van der Waals surface area contributed by atoms with Gasteiger partial charge in [0.2, 0.25) is 0 Å². The first-order chi connectivity index (χ1) is 9.79. The van der Waals surface area contributed by atoms with E-state index in [1.54, 1.807) is 0 Å². The summed E-state index contributed by atoms with van der Waals surface area (Å²) < 4.78 is 65.1. The third-order valence-corrected chi connectivity index (χ3v) is 3.98. The second-order valence-corrected chi connectivity index (χ2v) is 5.42. The van der Waals surface area contributed by atoms with Crippen molar-refractivity contribution in [2.24, 2.45) is 11.8 Å². The van der Waals surface area contributed by atoms with E-state index in [0.717, 1.165) is 12.1 Å². The van der Waals surface area contributed by atoms with Gasteiger partial charge in [0.1, 0.15) is 17.4 Å². The Kier molecular flexibility index (Phi) is 4.64. The first-order valence-electron chi connectivity index (χ1n) is 6.82. The fourth-order valence-corrected chi connectivity index (χ4v) is 2.89. The van der Waals surface area contributed by atoms with Gasteiger partial charge in [-0.1, -0.05) is 18.9 Å². The molecule has 2 rings (SSSR count). The van der Waals surface area contributed by atoms with Crippen LogP contribution in [0.4, 0.5) is 22.0 Å². The zero-order valence-corrected chi connectivity index (χ0v) is 11.2. The molecule has 0 N–H and O–H groups in total. The molecule has 1 aliphatic carbocycles. The summed E-state index contributed by atoms with van der Waals surface area (Å²) in [4.78, 5) is 12.1. The summed E-state index contributed by atoms with van der Waals surface area (Å²) in [6.45, 7) is 0. The van der Waals surface area contributed by atoms with Crippen LogP contribution in [0.25, 0.3) is 0 Å². The van der Waals surface area contributed by atoms with E-state index in [2.05, 4.69) is 0 Å². The van der Waals surface area contributed by atoms with Crippen molar-refractivity contribution in [2.45, 2.75) is 38.3 Å². The number of halogens is 5. The summed E-state index contributed by atoms with van der Waals surface area (Å²) in [5.41, 5.74) is -0.0621. The minimum Gasteiger partial charge on any atom is -0.299 e. The quantitative estimate of drug-likeness (QED) is 0.754. The van der Waals surface area contributed by atoms with E-state index < -0.39 is 41.9 Å². The lowest BCUT2D eigenvalue weighted by atomic mass is 9.75. The molecule has 0 aliphatic heterocycles. The van der Waals surface area contributed by atoms with Crippen LogP contribution < -0.4 is 0 Å². The average Bonchev–Trinajstić information content (AvgIpc) is 2.41. The SMILES string of the molecule is O=C(Cc1ccc(F)cc1F)C1CCCCC1C(F)(F)F. The van der Waals surface area contributed by atoms with Crippen LogP contribution in [-0.2, 0) is 11.2 Å². The Hall–Kier alpha value is -1.46. The van der Waals surface area contributed by atoms with Crippen LogP contribution in [0.15, 0.2) is 18.2 Å². The number of hydrogen-bond donors (Lipinski definition) is 0. The molecule has 1 fully saturated rings. The molecule has 1 nitrogen and oxygen atoms in total. The van der Waals surface area contributed by atoms with Crippen LogP contribution in [0.3, 0.4) is 0 Å². The Labute approximate surface area is 119 Å². The summed E-state index contributed by atoms with van der Waals surface area (Å²) >= 11 is 0. The molecule has 6 heteroatoms. The van der Waals surface area contributed by atoms with E-state index in [0.29, 0.717) is 18.9 Å². The summed E-state index contributed by atoms with van der Waals surface area (Å²) in [5, 5.41) is 0. The van der Waals surface area contributed by atoms with E-state index in [4.69, 9.17) is 0 Å². The zero-order valence-electron chi connectivity index (χ0n) is 11.2. The molecule has 1 aromatic carbocycles. The maximum Gasteiger partial charge on any atom is 0.392 e. The van der Waals surface area contributed by atoms with Gasteiger partial charge >= 0.3 is 6.18 Å². The average molecular weight is 306 g/mol. The van der Waals surface area contributed by atoms with E-state index >= 15 is 0 Å². The van der Waals surface area contributed by atoms with E-state index in [9.17, 15) is 26.7 Å². The maximum atomic E-state index is 13.5. The van der Waals surface area contributed by atoms with Crippen molar-refractivity contribution in [1.82, 2.24) is 0 Å². The monoisotopic (exact) mass is 306 g/mol. The summed E-state index contributed by atoms with van der Waals surface area (Å²) in [7, 11) is 0. The molecule has 2 unspecified atom stereocenters. The predicted octanol–water partition coefficient (Wildman–Crippen LogP) is 4.45. The number of ketones is 1. The van der Waals surface area contributed by atoms with Gasteiger partial charge in [-0.05, 0) is 24.5 Å². The van der Waals surface area contributed by atoms with Crippen molar-refractivity contribution in [3.8, 4) is 0 Å². The van der Waals surface area contributed by atoms with Gasteiger partial charge in [-0.3, -0.25) is 4.79 Å². The van der Waals surface area contributed by atoms with Crippen LogP contribution in [0.2, 0.25) is 0 Å². The molecule has 0 heterocycles. The van der Waals surface area contributed by atoms with Gasteiger partial charge in [0, 0.05) is 18.4 Å². The summed E-state index contributed by atoms with van der Waals surface area (Å²) in [6.07, 6.45) is -3.73. The van der Waals surface area contributed by atoms with E-state index in [-0.39, 0.29) is 18.4 Å². The van der Waals surface area contributed by atoms with Crippen LogP contribution in [-0.4, -0.2) is 12.0 Å². The number of rotatable bonds is 3. The van der Waals surface area contributed by atoms with Crippen LogP contribution in [0.1, 0.15) is 31.2 Å². The van der Waals surface area contributed by atoms with Gasteiger partial charge in [-0.15, -0.1) is 0 Å². The molecule has 1 aromatic rings. The number of benzene rings is 1. The van der Waals surface area contributed by atoms with Gasteiger partial charge < -0.3 is 0 Å². The lowest BCUT2D eigenvalue weighted by molar-refractivity contribution is -0.197. The number of carbonyl (C=O) groups excluding carboxylic acids is 1. The van der Waals surface area contributed by atoms with Crippen molar-refractivity contribution >= 4 is 5.78 Å². The molecule has 116 valence electrons. The smallest absolute Gasteiger partial charge is 0.299 e. The number of hydrogen-bond acceptors (Lipinski definition) is 1. The molecule has 0 saturated heterocycles. The van der Waals surface area contributed by atoms with Gasteiger partial charge in [0.15, 0.2) is 0 Å². The van der Waals surface area contributed by atoms with Gasteiger partial charge in [-0.2, -0.15) is 13.2 Å². The van der Waals surface area contributed by atoms with Crippen molar-refractivity contribution in [3.63, 3.8) is 0 Å². The number of alkyl halides is 3. The third-order valence-electron chi connectivity index (χ3n) is 3.98. The van der Waals surface area contributed by atoms with Gasteiger partial charge in [-0.25, -0.2) is 8.78 Å². The Morgan fingerprint density at radius 1 is 1.14 bits per heavy atom. The first-order valence-corrected chi connectivity index (χ1v) is 6.82. The Balaban J connectivity index is 2.14. The van der Waals surface area contributed by atoms with Crippen molar-refractivity contribution in [1.29, 1.82) is 0 Å². The van der Waals surface area contributed by atoms with Crippen molar-refractivity contribution in [2.75, 3.05) is 0 Å². The topological polar surface area (TPSA) is 17.1 Å². The van der Waals surface area contributed by atoms with Crippen molar-refractivity contribution in [3.05, 3.63) is 35.4 Å². The molecule has 21 heavy (non-hydrogen) atoms. The molecule has 1 saturated carbocycles. The van der Waals surface area contributed by atoms with Gasteiger partial charge in [0.25, 0.3) is 0 Å². The normalized spacial score (nSPS) is 23.1. The van der Waals surface area contributed by atoms with Crippen molar-refractivity contribution < 1.29 is 26.7 Å². The maximum absolute atomic E-state index is 13.5. The molecular formula is C15H15F5O. The second kappa shape index (κ2) is 6.12. The second-order valence-electron chi connectivity index (χ2n) is 5.42. The minimum absolute atomic E-state index is 0.0621. The molecule has 0 radical (unpaired) electrons. The highest BCUT2D eigenvalue weighted by molar-refractivity contribution is 5.83. The zero-order chi connectivity index (χ0) is 15.6. The number of carbonyl (C=O) groups is 1. The third kappa shape index (κ3) is 3.80. The molecule has 2 atom stereocenters. The van der Waals surface area contributed by atoms with Crippen LogP contribution >= 0.6 is 0 Å². The predicted molar refractivity (Wildman–Crippen MR) is 66.6 cm³/mol. The lowest BCUT2D eigenvalue weighted by Crippen LogP contribution is -2.38. The Morgan fingerprint density at radius 2 is 1.81 bits per heavy atom. The standard InChI is InChI=1S/C15H15F5O/c16-10-6-5-9(13(17)8-10)7-14(21)11-3-1-2-4-12(11)15(18,19)20/h5-6,8,11-12H,1-4,7H2. The molecule has 0 aromatic heterocycles. The van der Waals surface area contributed by atoms with E-state index in [1.807, 2.05) is 0 Å². The fourth-order valence-electron chi connectivity index (χ4n) is 2.89. The number of Topliss-reactive ketones (excluding diaryl/α,β-unsaturated/α-hetero) is 1. The molecule has 0 bridgehead atoms. The highest BCUT2D eigenvalue weighted by Gasteiger charge is 2.47. The Bertz CT molecular complexity index is 523. The molecule has 0 spiro atoms. The van der Waals surface area contributed by atoms with Crippen LogP contribution in [0, 0.1) is 23.5 Å². The lowest BCUT2D eigenvalue weighted by Gasteiger charge is -2.32. The molecular weight excluding hydrogens is 291 g/mol. The minimum atomic E-state index is -4.41. The molecule has 0 amide bonds. The van der Waals surface area contributed by atoms with Crippen LogP contribution in [0.5, 0.6) is 0 Å². The fraction of sp³-hybridized carbons (Fsp3) is 0.533. The first kappa shape index (κ1) is 15.9. The highest BCUT2D eigenvalue weighted by Crippen LogP contribution is 2.42. The van der Waals surface area contributed by atoms with E-state index in [1.165, 1.54) is 0 Å². The summed E-state index contributed by atoms with van der Waals surface area (Å²) in [6, 6.07) is 2.73. The highest BCUT2D eigenvalue weighted by atomic mass is 19.4. The molecule has 1 aliphatic rings. The largest absolute Gasteiger partial charge is 0.392 e. The summed E-state index contributed by atoms with van der Waals surface area (Å²) in [5.74, 6) is -5.08. The van der Waals surface area contributed by atoms with Gasteiger partial charge in [0.05, 0.1) is 5.92 Å².